The van der Waals surface area contributed by atoms with E-state index in [1.54, 1.807) is 23.9 Å². The lowest BCUT2D eigenvalue weighted by Gasteiger charge is -2.12. The van der Waals surface area contributed by atoms with Crippen molar-refractivity contribution in [1.82, 2.24) is 5.32 Å². The first-order valence-corrected chi connectivity index (χ1v) is 7.47. The quantitative estimate of drug-likeness (QED) is 0.766. The first-order valence-electron chi connectivity index (χ1n) is 6.08. The number of hydrogen-bond donors (Lipinski definition) is 3. The molecule has 0 saturated heterocycles. The number of hydrogen-bond acceptors (Lipinski definition) is 4. The van der Waals surface area contributed by atoms with Crippen LogP contribution in [0.1, 0.15) is 22.3 Å². The first-order chi connectivity index (χ1) is 9.11. The number of thioether (sulfide) groups is 1. The van der Waals surface area contributed by atoms with E-state index < -0.39 is 6.04 Å². The van der Waals surface area contributed by atoms with Gasteiger partial charge in [0.15, 0.2) is 0 Å². The SMILES string of the molecule is CSCC[C@H](N)C(=O)Nc1ccc2c(c1)C(=O)NC2.Cl. The van der Waals surface area contributed by atoms with Crippen LogP contribution in [0.4, 0.5) is 5.69 Å². The van der Waals surface area contributed by atoms with Gasteiger partial charge in [0, 0.05) is 17.8 Å². The highest BCUT2D eigenvalue weighted by atomic mass is 35.5. The van der Waals surface area contributed by atoms with E-state index in [0.717, 1.165) is 11.3 Å². The van der Waals surface area contributed by atoms with Gasteiger partial charge in [0.1, 0.15) is 0 Å². The largest absolute Gasteiger partial charge is 0.348 e. The van der Waals surface area contributed by atoms with E-state index in [2.05, 4.69) is 10.6 Å². The minimum Gasteiger partial charge on any atom is -0.348 e. The number of nitrogens with two attached hydrogens (primary N) is 1. The molecule has 0 aromatic heterocycles. The molecule has 1 aliphatic heterocycles. The Hall–Kier alpha value is -1.24. The van der Waals surface area contributed by atoms with Gasteiger partial charge in [-0.15, -0.1) is 12.4 Å². The van der Waals surface area contributed by atoms with E-state index in [9.17, 15) is 9.59 Å². The molecule has 2 amide bonds. The van der Waals surface area contributed by atoms with Crippen molar-refractivity contribution in [3.63, 3.8) is 0 Å². The summed E-state index contributed by atoms with van der Waals surface area (Å²) in [6, 6.07) is 4.81. The molecule has 1 aliphatic rings. The third kappa shape index (κ3) is 3.88. The molecule has 0 fully saturated rings. The highest BCUT2D eigenvalue weighted by molar-refractivity contribution is 7.98. The van der Waals surface area contributed by atoms with E-state index >= 15 is 0 Å². The maximum absolute atomic E-state index is 11.9. The summed E-state index contributed by atoms with van der Waals surface area (Å²) in [5, 5.41) is 5.48. The maximum atomic E-state index is 11.9. The summed E-state index contributed by atoms with van der Waals surface area (Å²) < 4.78 is 0. The molecular formula is C13H18ClN3O2S. The van der Waals surface area contributed by atoms with Crippen molar-refractivity contribution in [2.24, 2.45) is 5.73 Å². The highest BCUT2D eigenvalue weighted by Crippen LogP contribution is 2.20. The maximum Gasteiger partial charge on any atom is 0.251 e. The van der Waals surface area contributed by atoms with Crippen LogP contribution in [-0.2, 0) is 11.3 Å². The van der Waals surface area contributed by atoms with Gasteiger partial charge >= 0.3 is 0 Å². The molecule has 4 N–H and O–H groups in total. The Bertz CT molecular complexity index is 510. The van der Waals surface area contributed by atoms with Gasteiger partial charge in [-0.1, -0.05) is 6.07 Å². The fourth-order valence-electron chi connectivity index (χ4n) is 1.90. The summed E-state index contributed by atoms with van der Waals surface area (Å²) in [6.45, 7) is 0.551. The standard InChI is InChI=1S/C13H17N3O2S.ClH/c1-19-5-4-11(14)13(18)16-9-3-2-8-7-15-12(17)10(8)6-9;/h2-3,6,11H,4-5,7,14H2,1H3,(H,15,17)(H,16,18);1H/t11-;/m0./s1. The molecule has 1 aromatic rings. The Morgan fingerprint density at radius 1 is 1.55 bits per heavy atom. The van der Waals surface area contributed by atoms with Crippen molar-refractivity contribution in [2.75, 3.05) is 17.3 Å². The van der Waals surface area contributed by atoms with Crippen LogP contribution < -0.4 is 16.4 Å². The predicted octanol–water partition coefficient (Wildman–Crippen LogP) is 1.37. The van der Waals surface area contributed by atoms with Crippen LogP contribution in [0.25, 0.3) is 0 Å². The second-order valence-corrected chi connectivity index (χ2v) is 5.42. The summed E-state index contributed by atoms with van der Waals surface area (Å²) in [5.41, 5.74) is 7.97. The van der Waals surface area contributed by atoms with Crippen LogP contribution in [0.15, 0.2) is 18.2 Å². The minimum absolute atomic E-state index is 0. The average Bonchev–Trinajstić information content (AvgIpc) is 2.77. The van der Waals surface area contributed by atoms with Crippen molar-refractivity contribution < 1.29 is 9.59 Å². The molecule has 0 spiro atoms. The van der Waals surface area contributed by atoms with Gasteiger partial charge in [0.25, 0.3) is 5.91 Å². The van der Waals surface area contributed by atoms with Gasteiger partial charge in [0.2, 0.25) is 5.91 Å². The molecule has 0 aliphatic carbocycles. The van der Waals surface area contributed by atoms with Gasteiger partial charge in [-0.25, -0.2) is 0 Å². The van der Waals surface area contributed by atoms with Gasteiger partial charge < -0.3 is 16.4 Å². The molecule has 0 saturated carbocycles. The molecule has 5 nitrogen and oxygen atoms in total. The second kappa shape index (κ2) is 7.52. The molecule has 0 radical (unpaired) electrons. The summed E-state index contributed by atoms with van der Waals surface area (Å²) in [7, 11) is 0. The molecule has 110 valence electrons. The molecule has 0 bridgehead atoms. The lowest BCUT2D eigenvalue weighted by Crippen LogP contribution is -2.36. The third-order valence-corrected chi connectivity index (χ3v) is 3.68. The number of halogens is 1. The Morgan fingerprint density at radius 3 is 3.00 bits per heavy atom. The van der Waals surface area contributed by atoms with E-state index in [1.807, 2.05) is 12.3 Å². The first kappa shape index (κ1) is 16.8. The number of rotatable bonds is 5. The summed E-state index contributed by atoms with van der Waals surface area (Å²) in [5.74, 6) is 0.534. The second-order valence-electron chi connectivity index (χ2n) is 4.43. The summed E-state index contributed by atoms with van der Waals surface area (Å²) in [6.07, 6.45) is 2.61. The summed E-state index contributed by atoms with van der Waals surface area (Å²) in [4.78, 5) is 23.4. The highest BCUT2D eigenvalue weighted by Gasteiger charge is 2.20. The average molecular weight is 316 g/mol. The lowest BCUT2D eigenvalue weighted by molar-refractivity contribution is -0.117. The Balaban J connectivity index is 0.00000200. The molecule has 1 heterocycles. The lowest BCUT2D eigenvalue weighted by atomic mass is 10.1. The van der Waals surface area contributed by atoms with E-state index in [4.69, 9.17) is 5.73 Å². The fraction of sp³-hybridized carbons (Fsp3) is 0.385. The predicted molar refractivity (Wildman–Crippen MR) is 84.5 cm³/mol. The molecule has 0 unspecified atom stereocenters. The van der Waals surface area contributed by atoms with Crippen LogP contribution in [0.3, 0.4) is 0 Å². The van der Waals surface area contributed by atoms with Gasteiger partial charge in [-0.3, -0.25) is 9.59 Å². The van der Waals surface area contributed by atoms with Crippen molar-refractivity contribution in [3.8, 4) is 0 Å². The Labute approximate surface area is 128 Å². The Morgan fingerprint density at radius 2 is 2.30 bits per heavy atom. The molecule has 1 aromatic carbocycles. The monoisotopic (exact) mass is 315 g/mol. The number of nitrogens with one attached hydrogen (secondary N) is 2. The van der Waals surface area contributed by atoms with Crippen LogP contribution in [0, 0.1) is 0 Å². The van der Waals surface area contributed by atoms with E-state index in [-0.39, 0.29) is 24.2 Å². The number of fused-ring (bicyclic) bond motifs is 1. The number of amides is 2. The fourth-order valence-corrected chi connectivity index (χ4v) is 2.39. The van der Waals surface area contributed by atoms with Crippen molar-refractivity contribution in [2.45, 2.75) is 19.0 Å². The van der Waals surface area contributed by atoms with Crippen molar-refractivity contribution in [3.05, 3.63) is 29.3 Å². The Kier molecular flexibility index (Phi) is 6.32. The summed E-state index contributed by atoms with van der Waals surface area (Å²) >= 11 is 1.66. The van der Waals surface area contributed by atoms with Crippen LogP contribution in [0.2, 0.25) is 0 Å². The van der Waals surface area contributed by atoms with Crippen LogP contribution >= 0.6 is 24.2 Å². The normalized spacial score (nSPS) is 14.0. The topological polar surface area (TPSA) is 84.2 Å². The van der Waals surface area contributed by atoms with Crippen molar-refractivity contribution >= 4 is 41.7 Å². The molecule has 7 heteroatoms. The zero-order chi connectivity index (χ0) is 13.8. The van der Waals surface area contributed by atoms with E-state index in [1.165, 1.54) is 0 Å². The zero-order valence-electron chi connectivity index (χ0n) is 11.1. The van der Waals surface area contributed by atoms with Gasteiger partial charge in [-0.2, -0.15) is 11.8 Å². The van der Waals surface area contributed by atoms with Crippen LogP contribution in [0.5, 0.6) is 0 Å². The number of anilines is 1. The van der Waals surface area contributed by atoms with Gasteiger partial charge in [0.05, 0.1) is 6.04 Å². The molecular weight excluding hydrogens is 298 g/mol. The van der Waals surface area contributed by atoms with E-state index in [0.29, 0.717) is 24.2 Å². The number of carbonyl (C=O) groups excluding carboxylic acids is 2. The van der Waals surface area contributed by atoms with Gasteiger partial charge in [-0.05, 0) is 36.1 Å². The third-order valence-electron chi connectivity index (χ3n) is 3.03. The molecule has 2 rings (SSSR count). The minimum atomic E-state index is -0.519. The molecule has 20 heavy (non-hydrogen) atoms. The molecule has 1 atom stereocenters. The van der Waals surface area contributed by atoms with Crippen LogP contribution in [-0.4, -0.2) is 29.9 Å². The number of benzene rings is 1. The van der Waals surface area contributed by atoms with Crippen molar-refractivity contribution in [1.29, 1.82) is 0 Å². The number of carbonyl (C=O) groups is 2. The smallest absolute Gasteiger partial charge is 0.251 e. The zero-order valence-corrected chi connectivity index (χ0v) is 12.8.